The van der Waals surface area contributed by atoms with Crippen LogP contribution in [0.3, 0.4) is 0 Å². The second-order valence-electron chi connectivity index (χ2n) is 6.39. The summed E-state index contributed by atoms with van der Waals surface area (Å²) in [4.78, 5) is 15.3. The third-order valence-electron chi connectivity index (χ3n) is 4.68. The van der Waals surface area contributed by atoms with Gasteiger partial charge in [-0.1, -0.05) is 18.2 Å². The molecule has 2 aromatic carbocycles. The highest BCUT2D eigenvalue weighted by molar-refractivity contribution is 5.39. The minimum absolute atomic E-state index is 0.166. The zero-order valence-electron chi connectivity index (χ0n) is 14.7. The van der Waals surface area contributed by atoms with Gasteiger partial charge >= 0.3 is 0 Å². The number of ether oxygens (including phenoxy) is 1. The van der Waals surface area contributed by atoms with E-state index in [4.69, 9.17) is 4.74 Å². The van der Waals surface area contributed by atoms with Crippen LogP contribution < -0.4 is 4.74 Å². The molecule has 1 fully saturated rings. The molecule has 0 aliphatic carbocycles. The number of hydrogen-bond acceptors (Lipinski definition) is 5. The lowest BCUT2D eigenvalue weighted by Crippen LogP contribution is -2.45. The van der Waals surface area contributed by atoms with Gasteiger partial charge in [0.25, 0.3) is 5.69 Å². The van der Waals surface area contributed by atoms with Crippen molar-refractivity contribution in [2.45, 2.75) is 13.1 Å². The second kappa shape index (κ2) is 8.25. The number of hydrogen-bond donors (Lipinski definition) is 0. The molecule has 1 saturated heterocycles. The highest BCUT2D eigenvalue weighted by Gasteiger charge is 2.21. The number of benzene rings is 2. The summed E-state index contributed by atoms with van der Waals surface area (Å²) in [5.41, 5.74) is 1.73. The third-order valence-corrected chi connectivity index (χ3v) is 4.68. The number of nitrogens with zero attached hydrogens (tertiary/aromatic N) is 3. The molecule has 1 heterocycles. The fourth-order valence-corrected chi connectivity index (χ4v) is 3.28. The van der Waals surface area contributed by atoms with Crippen molar-refractivity contribution < 1.29 is 14.1 Å². The summed E-state index contributed by atoms with van der Waals surface area (Å²) in [6.45, 7) is 4.45. The Labute approximate surface area is 151 Å². The molecule has 2 aromatic rings. The maximum atomic E-state index is 13.5. The van der Waals surface area contributed by atoms with Gasteiger partial charge in [-0.3, -0.25) is 19.9 Å². The maximum Gasteiger partial charge on any atom is 0.273 e. The van der Waals surface area contributed by atoms with Crippen LogP contribution in [0.1, 0.15) is 11.1 Å². The minimum Gasteiger partial charge on any atom is -0.496 e. The molecule has 0 amide bonds. The minimum atomic E-state index is -0.332. The maximum absolute atomic E-state index is 13.5. The summed E-state index contributed by atoms with van der Waals surface area (Å²) in [6, 6.07) is 11.4. The molecule has 26 heavy (non-hydrogen) atoms. The van der Waals surface area contributed by atoms with Crippen molar-refractivity contribution in [2.24, 2.45) is 0 Å². The summed E-state index contributed by atoms with van der Waals surface area (Å²) < 4.78 is 18.8. The van der Waals surface area contributed by atoms with Crippen LogP contribution in [0.15, 0.2) is 42.5 Å². The molecule has 1 aliphatic rings. The van der Waals surface area contributed by atoms with Crippen LogP contribution in [0.5, 0.6) is 5.75 Å². The number of nitro benzene ring substituents is 1. The standard InChI is InChI=1S/C19H22FN3O3/c1-26-19-7-6-17(20)12-16(19)14-22-10-8-21(9-11-22)13-15-4-2-3-5-18(15)23(24)25/h2-7,12H,8-11,13-14H2,1H3. The van der Waals surface area contributed by atoms with Crippen molar-refractivity contribution in [3.8, 4) is 5.75 Å². The molecule has 0 N–H and O–H groups in total. The Kier molecular flexibility index (Phi) is 5.80. The fraction of sp³-hybridized carbons (Fsp3) is 0.368. The van der Waals surface area contributed by atoms with Crippen LogP contribution >= 0.6 is 0 Å². The summed E-state index contributed by atoms with van der Waals surface area (Å²) in [5.74, 6) is 0.421. The van der Waals surface area contributed by atoms with Gasteiger partial charge in [-0.05, 0) is 18.2 Å². The molecular weight excluding hydrogens is 337 g/mol. The van der Waals surface area contributed by atoms with Crippen molar-refractivity contribution in [3.63, 3.8) is 0 Å². The van der Waals surface area contributed by atoms with E-state index in [1.165, 1.54) is 12.1 Å². The van der Waals surface area contributed by atoms with E-state index in [-0.39, 0.29) is 16.4 Å². The highest BCUT2D eigenvalue weighted by atomic mass is 19.1. The van der Waals surface area contributed by atoms with Gasteiger partial charge in [0.05, 0.1) is 12.0 Å². The van der Waals surface area contributed by atoms with Crippen LogP contribution in [-0.2, 0) is 13.1 Å². The van der Waals surface area contributed by atoms with E-state index >= 15 is 0 Å². The van der Waals surface area contributed by atoms with Gasteiger partial charge in [-0.25, -0.2) is 4.39 Å². The van der Waals surface area contributed by atoms with E-state index in [2.05, 4.69) is 9.80 Å². The number of piperazine rings is 1. The Hall–Kier alpha value is -2.51. The molecule has 0 spiro atoms. The van der Waals surface area contributed by atoms with Gasteiger partial charge in [0.1, 0.15) is 11.6 Å². The average molecular weight is 359 g/mol. The van der Waals surface area contributed by atoms with Crippen molar-refractivity contribution >= 4 is 5.69 Å². The molecule has 3 rings (SSSR count). The van der Waals surface area contributed by atoms with Crippen molar-refractivity contribution in [1.29, 1.82) is 0 Å². The van der Waals surface area contributed by atoms with E-state index < -0.39 is 0 Å². The predicted octanol–water partition coefficient (Wildman–Crippen LogP) is 3.06. The summed E-state index contributed by atoms with van der Waals surface area (Å²) in [7, 11) is 1.58. The summed E-state index contributed by atoms with van der Waals surface area (Å²) in [6.07, 6.45) is 0. The average Bonchev–Trinajstić information content (AvgIpc) is 2.64. The van der Waals surface area contributed by atoms with Crippen LogP contribution in [0.25, 0.3) is 0 Å². The van der Waals surface area contributed by atoms with E-state index in [9.17, 15) is 14.5 Å². The van der Waals surface area contributed by atoms with Crippen molar-refractivity contribution in [2.75, 3.05) is 33.3 Å². The van der Waals surface area contributed by atoms with E-state index in [0.29, 0.717) is 18.8 Å². The molecule has 0 unspecified atom stereocenters. The molecule has 1 aliphatic heterocycles. The third kappa shape index (κ3) is 4.36. The van der Waals surface area contributed by atoms with Crippen LogP contribution in [-0.4, -0.2) is 48.0 Å². The smallest absolute Gasteiger partial charge is 0.273 e. The first-order chi connectivity index (χ1) is 12.6. The van der Waals surface area contributed by atoms with Crippen LogP contribution in [0, 0.1) is 15.9 Å². The van der Waals surface area contributed by atoms with Gasteiger partial charge in [-0.15, -0.1) is 0 Å². The molecule has 0 aromatic heterocycles. The topological polar surface area (TPSA) is 58.8 Å². The number of para-hydroxylation sites is 1. The SMILES string of the molecule is COc1ccc(F)cc1CN1CCN(Cc2ccccc2[N+](=O)[O-])CC1. The normalized spacial score (nSPS) is 15.8. The van der Waals surface area contributed by atoms with Crippen LogP contribution in [0.4, 0.5) is 10.1 Å². The highest BCUT2D eigenvalue weighted by Crippen LogP contribution is 2.23. The Morgan fingerprint density at radius 1 is 1.04 bits per heavy atom. The fourth-order valence-electron chi connectivity index (χ4n) is 3.28. The van der Waals surface area contributed by atoms with Gasteiger partial charge < -0.3 is 4.74 Å². The molecule has 138 valence electrons. The van der Waals surface area contributed by atoms with E-state index in [1.54, 1.807) is 25.3 Å². The number of halogens is 1. The Bertz CT molecular complexity index is 776. The molecule has 0 saturated carbocycles. The van der Waals surface area contributed by atoms with E-state index in [0.717, 1.165) is 37.3 Å². The van der Waals surface area contributed by atoms with Gasteiger partial charge in [-0.2, -0.15) is 0 Å². The lowest BCUT2D eigenvalue weighted by atomic mass is 10.1. The van der Waals surface area contributed by atoms with Crippen molar-refractivity contribution in [1.82, 2.24) is 9.80 Å². The van der Waals surface area contributed by atoms with Gasteiger partial charge in [0.15, 0.2) is 0 Å². The molecule has 0 radical (unpaired) electrons. The van der Waals surface area contributed by atoms with Gasteiger partial charge in [0, 0.05) is 56.5 Å². The summed E-state index contributed by atoms with van der Waals surface area (Å²) in [5, 5.41) is 11.1. The summed E-state index contributed by atoms with van der Waals surface area (Å²) >= 11 is 0. The molecule has 0 bridgehead atoms. The first kappa shape index (κ1) is 18.3. The molecule has 0 atom stereocenters. The molecular formula is C19H22FN3O3. The molecule has 7 heteroatoms. The monoisotopic (exact) mass is 359 g/mol. The molecule has 6 nitrogen and oxygen atoms in total. The largest absolute Gasteiger partial charge is 0.496 e. The Morgan fingerprint density at radius 2 is 1.65 bits per heavy atom. The zero-order valence-corrected chi connectivity index (χ0v) is 14.7. The lowest BCUT2D eigenvalue weighted by molar-refractivity contribution is -0.385. The first-order valence-electron chi connectivity index (χ1n) is 8.56. The lowest BCUT2D eigenvalue weighted by Gasteiger charge is -2.34. The number of methoxy groups -OCH3 is 1. The number of rotatable bonds is 6. The van der Waals surface area contributed by atoms with Crippen molar-refractivity contribution in [3.05, 3.63) is 69.5 Å². The van der Waals surface area contributed by atoms with E-state index in [1.807, 2.05) is 12.1 Å². The zero-order chi connectivity index (χ0) is 18.5. The quantitative estimate of drug-likeness (QED) is 0.586. The second-order valence-corrected chi connectivity index (χ2v) is 6.39. The number of nitro groups is 1. The Morgan fingerprint density at radius 3 is 2.27 bits per heavy atom. The predicted molar refractivity (Wildman–Crippen MR) is 96.6 cm³/mol. The first-order valence-corrected chi connectivity index (χ1v) is 8.56. The van der Waals surface area contributed by atoms with Gasteiger partial charge in [0.2, 0.25) is 0 Å². The van der Waals surface area contributed by atoms with Crippen LogP contribution in [0.2, 0.25) is 0 Å². The Balaban J connectivity index is 1.58.